The maximum atomic E-state index is 10.5. The van der Waals surface area contributed by atoms with Gasteiger partial charge in [0.05, 0.1) is 0 Å². The van der Waals surface area contributed by atoms with Gasteiger partial charge >= 0.3 is 0 Å². The molecular formula is C8H9NOS. The van der Waals surface area contributed by atoms with Gasteiger partial charge in [-0.15, -0.1) is 12.6 Å². The molecule has 3 heteroatoms. The lowest BCUT2D eigenvalue weighted by Crippen LogP contribution is -1.93. The Morgan fingerprint density at radius 1 is 1.36 bits per heavy atom. The first-order valence-electron chi connectivity index (χ1n) is 3.24. The second kappa shape index (κ2) is 3.44. The van der Waals surface area contributed by atoms with Crippen LogP contribution >= 0.6 is 12.6 Å². The number of nitrogens with two attached hydrogens (primary N) is 1. The van der Waals surface area contributed by atoms with Crippen molar-refractivity contribution >= 4 is 23.4 Å². The molecular weight excluding hydrogens is 158 g/mol. The lowest BCUT2D eigenvalue weighted by atomic mass is 10.1. The van der Waals surface area contributed by atoms with Gasteiger partial charge in [0, 0.05) is 12.1 Å². The second-order valence-electron chi connectivity index (χ2n) is 2.31. The number of carbonyl (C=O) groups excluding carboxylic acids is 1. The van der Waals surface area contributed by atoms with Gasteiger partial charge in [-0.3, -0.25) is 4.79 Å². The Morgan fingerprint density at radius 2 is 1.91 bits per heavy atom. The third-order valence-corrected chi connectivity index (χ3v) is 1.49. The molecule has 1 rings (SSSR count). The average Bonchev–Trinajstić information content (AvgIpc) is 1.93. The number of carbonyl (C=O) groups is 1. The van der Waals surface area contributed by atoms with E-state index in [0.29, 0.717) is 12.1 Å². The van der Waals surface area contributed by atoms with E-state index in [2.05, 4.69) is 12.6 Å². The van der Waals surface area contributed by atoms with Crippen LogP contribution in [0.3, 0.4) is 0 Å². The van der Waals surface area contributed by atoms with Crippen molar-refractivity contribution in [1.29, 1.82) is 0 Å². The molecule has 0 heterocycles. The summed E-state index contributed by atoms with van der Waals surface area (Å²) >= 11 is 3.67. The van der Waals surface area contributed by atoms with Crippen molar-refractivity contribution in [2.45, 2.75) is 6.42 Å². The van der Waals surface area contributed by atoms with Crippen LogP contribution in [0.15, 0.2) is 24.3 Å². The SMILES string of the molecule is Nc1ccc(CC(=O)S)cc1. The Labute approximate surface area is 70.8 Å². The molecule has 0 fully saturated rings. The van der Waals surface area contributed by atoms with Gasteiger partial charge in [0.1, 0.15) is 0 Å². The number of nitrogen functional groups attached to an aromatic ring is 1. The van der Waals surface area contributed by atoms with Gasteiger partial charge in [0.15, 0.2) is 5.12 Å². The van der Waals surface area contributed by atoms with Gasteiger partial charge in [0.2, 0.25) is 0 Å². The summed E-state index contributed by atoms with van der Waals surface area (Å²) in [7, 11) is 0. The average molecular weight is 167 g/mol. The summed E-state index contributed by atoms with van der Waals surface area (Å²) in [5, 5.41) is -0.130. The summed E-state index contributed by atoms with van der Waals surface area (Å²) in [6.45, 7) is 0. The topological polar surface area (TPSA) is 43.1 Å². The van der Waals surface area contributed by atoms with Crippen LogP contribution in [0.5, 0.6) is 0 Å². The molecule has 0 amide bonds. The standard InChI is InChI=1S/C8H9NOS/c9-7-3-1-6(2-4-7)5-8(10)11/h1-4H,5,9H2,(H,10,11). The van der Waals surface area contributed by atoms with Crippen LogP contribution in [0.4, 0.5) is 5.69 Å². The summed E-state index contributed by atoms with van der Waals surface area (Å²) in [4.78, 5) is 10.5. The highest BCUT2D eigenvalue weighted by atomic mass is 32.1. The van der Waals surface area contributed by atoms with Crippen LogP contribution in [0.2, 0.25) is 0 Å². The molecule has 0 bridgehead atoms. The predicted molar refractivity (Wildman–Crippen MR) is 48.6 cm³/mol. The van der Waals surface area contributed by atoms with Crippen molar-refractivity contribution in [3.05, 3.63) is 29.8 Å². The molecule has 11 heavy (non-hydrogen) atoms. The second-order valence-corrected chi connectivity index (χ2v) is 2.81. The largest absolute Gasteiger partial charge is 0.399 e. The maximum Gasteiger partial charge on any atom is 0.190 e. The van der Waals surface area contributed by atoms with Gasteiger partial charge in [-0.25, -0.2) is 0 Å². The van der Waals surface area contributed by atoms with Crippen LogP contribution in [-0.4, -0.2) is 5.12 Å². The molecule has 0 aliphatic rings. The van der Waals surface area contributed by atoms with E-state index in [1.165, 1.54) is 0 Å². The zero-order valence-electron chi connectivity index (χ0n) is 5.95. The molecule has 0 radical (unpaired) electrons. The Bertz CT molecular complexity index is 255. The molecule has 0 unspecified atom stereocenters. The number of hydrogen-bond donors (Lipinski definition) is 2. The Kier molecular flexibility index (Phi) is 2.54. The molecule has 2 N–H and O–H groups in total. The van der Waals surface area contributed by atoms with E-state index in [4.69, 9.17) is 5.73 Å². The molecule has 2 nitrogen and oxygen atoms in total. The fraction of sp³-hybridized carbons (Fsp3) is 0.125. The van der Waals surface area contributed by atoms with Gasteiger partial charge in [-0.1, -0.05) is 12.1 Å². The minimum absolute atomic E-state index is 0.130. The lowest BCUT2D eigenvalue weighted by Gasteiger charge is -1.96. The number of thiol groups is 1. The number of hydrogen-bond acceptors (Lipinski definition) is 2. The minimum atomic E-state index is -0.130. The van der Waals surface area contributed by atoms with Crippen LogP contribution in [0, 0.1) is 0 Å². The molecule has 0 aromatic heterocycles. The first-order valence-corrected chi connectivity index (χ1v) is 3.69. The first-order chi connectivity index (χ1) is 5.18. The fourth-order valence-corrected chi connectivity index (χ4v) is 0.993. The summed E-state index contributed by atoms with van der Waals surface area (Å²) < 4.78 is 0. The van der Waals surface area contributed by atoms with Crippen LogP contribution < -0.4 is 5.73 Å². The molecule has 0 spiro atoms. The molecule has 0 atom stereocenters. The fourth-order valence-electron chi connectivity index (χ4n) is 0.810. The van der Waals surface area contributed by atoms with Crippen molar-refractivity contribution in [3.8, 4) is 0 Å². The monoisotopic (exact) mass is 167 g/mol. The molecule has 1 aromatic carbocycles. The van der Waals surface area contributed by atoms with E-state index in [1.54, 1.807) is 12.1 Å². The molecule has 0 saturated carbocycles. The third kappa shape index (κ3) is 2.63. The molecule has 58 valence electrons. The van der Waals surface area contributed by atoms with E-state index in [9.17, 15) is 4.79 Å². The van der Waals surface area contributed by atoms with Crippen molar-refractivity contribution < 1.29 is 4.79 Å². The summed E-state index contributed by atoms with van der Waals surface area (Å²) in [6.07, 6.45) is 0.364. The van der Waals surface area contributed by atoms with Gasteiger partial charge in [0.25, 0.3) is 0 Å². The van der Waals surface area contributed by atoms with Crippen molar-refractivity contribution in [2.24, 2.45) is 0 Å². The highest BCUT2D eigenvalue weighted by Crippen LogP contribution is 2.06. The predicted octanol–water partition coefficient (Wildman–Crippen LogP) is 1.27. The van der Waals surface area contributed by atoms with Gasteiger partial charge in [-0.2, -0.15) is 0 Å². The summed E-state index contributed by atoms with van der Waals surface area (Å²) in [6, 6.07) is 7.19. The number of rotatable bonds is 2. The first kappa shape index (κ1) is 8.14. The van der Waals surface area contributed by atoms with Crippen LogP contribution in [-0.2, 0) is 11.2 Å². The summed E-state index contributed by atoms with van der Waals surface area (Å²) in [5.41, 5.74) is 7.11. The van der Waals surface area contributed by atoms with E-state index >= 15 is 0 Å². The van der Waals surface area contributed by atoms with Crippen molar-refractivity contribution in [1.82, 2.24) is 0 Å². The van der Waals surface area contributed by atoms with Crippen molar-refractivity contribution in [2.75, 3.05) is 5.73 Å². The maximum absolute atomic E-state index is 10.5. The third-order valence-electron chi connectivity index (χ3n) is 1.34. The zero-order chi connectivity index (χ0) is 8.27. The van der Waals surface area contributed by atoms with Crippen LogP contribution in [0.25, 0.3) is 0 Å². The smallest absolute Gasteiger partial charge is 0.190 e. The van der Waals surface area contributed by atoms with E-state index in [0.717, 1.165) is 5.56 Å². The van der Waals surface area contributed by atoms with Gasteiger partial charge < -0.3 is 5.73 Å². The zero-order valence-corrected chi connectivity index (χ0v) is 6.84. The summed E-state index contributed by atoms with van der Waals surface area (Å²) in [5.74, 6) is 0. The van der Waals surface area contributed by atoms with E-state index < -0.39 is 0 Å². The molecule has 1 aromatic rings. The highest BCUT2D eigenvalue weighted by molar-refractivity contribution is 7.96. The van der Waals surface area contributed by atoms with Crippen molar-refractivity contribution in [3.63, 3.8) is 0 Å². The quantitative estimate of drug-likeness (QED) is 0.514. The molecule has 0 aliphatic heterocycles. The number of anilines is 1. The molecule has 0 saturated heterocycles. The van der Waals surface area contributed by atoms with E-state index in [-0.39, 0.29) is 5.12 Å². The number of benzene rings is 1. The normalized spacial score (nSPS) is 9.55. The highest BCUT2D eigenvalue weighted by Gasteiger charge is 1.96. The Hall–Kier alpha value is -0.960. The molecule has 0 aliphatic carbocycles. The van der Waals surface area contributed by atoms with Gasteiger partial charge in [-0.05, 0) is 17.7 Å². The Balaban J connectivity index is 2.74. The van der Waals surface area contributed by atoms with E-state index in [1.807, 2.05) is 12.1 Å². The minimum Gasteiger partial charge on any atom is -0.399 e. The Morgan fingerprint density at radius 3 is 2.36 bits per heavy atom. The van der Waals surface area contributed by atoms with Crippen LogP contribution in [0.1, 0.15) is 5.56 Å². The lowest BCUT2D eigenvalue weighted by molar-refractivity contribution is -0.110.